The van der Waals surface area contributed by atoms with Crippen LogP contribution in [-0.4, -0.2) is 10.9 Å². The number of hydrazine groups is 1. The third kappa shape index (κ3) is 6.15. The number of nitrogen functional groups attached to an aromatic ring is 1. The lowest BCUT2D eigenvalue weighted by atomic mass is 10.0. The van der Waals surface area contributed by atoms with Crippen molar-refractivity contribution >= 4 is 5.91 Å². The van der Waals surface area contributed by atoms with Crippen LogP contribution in [0.1, 0.15) is 74.3 Å². The fraction of sp³-hybridized carbons (Fsp3) is 0.625. The molecule has 1 rings (SSSR count). The molecule has 0 aromatic carbocycles. The minimum atomic E-state index is -0.305. The molecule has 4 heteroatoms. The maximum absolute atomic E-state index is 11.6. The van der Waals surface area contributed by atoms with Gasteiger partial charge in [-0.25, -0.2) is 5.84 Å². The molecule has 112 valence electrons. The number of hydrogen-bond donors (Lipinski definition) is 2. The van der Waals surface area contributed by atoms with E-state index in [9.17, 15) is 4.79 Å². The predicted molar refractivity (Wildman–Crippen MR) is 82.2 cm³/mol. The van der Waals surface area contributed by atoms with Crippen molar-refractivity contribution in [3.05, 3.63) is 29.6 Å². The van der Waals surface area contributed by atoms with E-state index in [0.29, 0.717) is 5.69 Å². The molecule has 0 saturated heterocycles. The summed E-state index contributed by atoms with van der Waals surface area (Å²) in [5.74, 6) is 4.86. The smallest absolute Gasteiger partial charge is 0.284 e. The van der Waals surface area contributed by atoms with Crippen molar-refractivity contribution in [2.75, 3.05) is 0 Å². The van der Waals surface area contributed by atoms with Crippen molar-refractivity contribution in [3.63, 3.8) is 0 Å². The first-order valence-electron chi connectivity index (χ1n) is 7.74. The first-order chi connectivity index (χ1) is 9.79. The summed E-state index contributed by atoms with van der Waals surface area (Å²) in [5.41, 5.74) is 3.59. The van der Waals surface area contributed by atoms with Crippen LogP contribution in [0, 0.1) is 0 Å². The van der Waals surface area contributed by atoms with E-state index in [0.717, 1.165) is 18.4 Å². The summed E-state index contributed by atoms with van der Waals surface area (Å²) in [4.78, 5) is 15.7. The van der Waals surface area contributed by atoms with Crippen LogP contribution < -0.4 is 11.3 Å². The molecule has 0 aliphatic rings. The quantitative estimate of drug-likeness (QED) is 0.298. The van der Waals surface area contributed by atoms with Gasteiger partial charge in [0.2, 0.25) is 0 Å². The Morgan fingerprint density at radius 1 is 1.15 bits per heavy atom. The Balaban J connectivity index is 2.23. The zero-order valence-electron chi connectivity index (χ0n) is 12.5. The zero-order valence-corrected chi connectivity index (χ0v) is 12.5. The number of carbonyl (C=O) groups excluding carboxylic acids is 1. The van der Waals surface area contributed by atoms with Gasteiger partial charge in [-0.05, 0) is 24.5 Å². The minimum absolute atomic E-state index is 0.305. The second-order valence-corrected chi connectivity index (χ2v) is 5.21. The molecule has 0 spiro atoms. The number of aromatic nitrogens is 1. The zero-order chi connectivity index (χ0) is 14.6. The Kier molecular flexibility index (Phi) is 8.63. The molecule has 1 heterocycles. The number of nitrogens with one attached hydrogen (secondary N) is 1. The molecule has 1 aromatic heterocycles. The molecule has 0 fully saturated rings. The van der Waals surface area contributed by atoms with E-state index < -0.39 is 0 Å². The molecule has 1 aromatic rings. The molecule has 0 aliphatic heterocycles. The molecule has 0 atom stereocenters. The van der Waals surface area contributed by atoms with Crippen molar-refractivity contribution in [2.45, 2.75) is 64.7 Å². The molecular formula is C16H27N3O. The van der Waals surface area contributed by atoms with Crippen molar-refractivity contribution in [1.29, 1.82) is 0 Å². The lowest BCUT2D eigenvalue weighted by molar-refractivity contribution is 0.0947. The summed E-state index contributed by atoms with van der Waals surface area (Å²) in [5, 5.41) is 0. The summed E-state index contributed by atoms with van der Waals surface area (Å²) in [6.45, 7) is 2.24. The van der Waals surface area contributed by atoms with Gasteiger partial charge in [-0.3, -0.25) is 15.2 Å². The van der Waals surface area contributed by atoms with E-state index in [1.807, 2.05) is 12.1 Å². The Morgan fingerprint density at radius 2 is 1.80 bits per heavy atom. The number of rotatable bonds is 10. The van der Waals surface area contributed by atoms with Gasteiger partial charge in [0, 0.05) is 6.20 Å². The second kappa shape index (κ2) is 10.4. The number of amides is 1. The number of carbonyl (C=O) groups is 1. The van der Waals surface area contributed by atoms with Crippen LogP contribution in [0.15, 0.2) is 18.3 Å². The van der Waals surface area contributed by atoms with Crippen molar-refractivity contribution in [1.82, 2.24) is 10.4 Å². The lowest BCUT2D eigenvalue weighted by Crippen LogP contribution is -2.31. The molecule has 1 amide bonds. The van der Waals surface area contributed by atoms with Gasteiger partial charge in [0.05, 0.1) is 0 Å². The molecular weight excluding hydrogens is 250 g/mol. The van der Waals surface area contributed by atoms with Gasteiger partial charge >= 0.3 is 0 Å². The Morgan fingerprint density at radius 3 is 2.45 bits per heavy atom. The molecule has 20 heavy (non-hydrogen) atoms. The molecule has 3 N–H and O–H groups in total. The van der Waals surface area contributed by atoms with E-state index in [2.05, 4.69) is 17.3 Å². The topological polar surface area (TPSA) is 68.0 Å². The average molecular weight is 277 g/mol. The standard InChI is InChI=1S/C16H27N3O/c1-2-3-4-5-6-7-8-9-11-14-12-10-13-18-15(14)16(20)19-17/h10,12-13H,2-9,11,17H2,1H3,(H,19,20). The van der Waals surface area contributed by atoms with Gasteiger partial charge < -0.3 is 0 Å². The maximum Gasteiger partial charge on any atom is 0.284 e. The number of unbranched alkanes of at least 4 members (excludes halogenated alkanes) is 7. The van der Waals surface area contributed by atoms with Crippen molar-refractivity contribution in [2.24, 2.45) is 5.84 Å². The van der Waals surface area contributed by atoms with Crippen LogP contribution in [0.5, 0.6) is 0 Å². The first-order valence-corrected chi connectivity index (χ1v) is 7.74. The van der Waals surface area contributed by atoms with E-state index >= 15 is 0 Å². The number of aryl methyl sites for hydroxylation is 1. The number of pyridine rings is 1. The van der Waals surface area contributed by atoms with E-state index in [4.69, 9.17) is 5.84 Å². The molecule has 0 aliphatic carbocycles. The highest BCUT2D eigenvalue weighted by molar-refractivity contribution is 5.93. The molecule has 4 nitrogen and oxygen atoms in total. The molecule has 0 bridgehead atoms. The second-order valence-electron chi connectivity index (χ2n) is 5.21. The summed E-state index contributed by atoms with van der Waals surface area (Å²) in [7, 11) is 0. The van der Waals surface area contributed by atoms with Gasteiger partial charge in [-0.15, -0.1) is 0 Å². The number of hydrogen-bond acceptors (Lipinski definition) is 3. The Labute approximate surface area is 122 Å². The van der Waals surface area contributed by atoms with Gasteiger partial charge in [-0.1, -0.05) is 57.9 Å². The van der Waals surface area contributed by atoms with Crippen LogP contribution >= 0.6 is 0 Å². The largest absolute Gasteiger partial charge is 0.289 e. The highest BCUT2D eigenvalue weighted by Crippen LogP contribution is 2.13. The predicted octanol–water partition coefficient (Wildman–Crippen LogP) is 3.37. The van der Waals surface area contributed by atoms with E-state index in [1.165, 1.54) is 44.9 Å². The SMILES string of the molecule is CCCCCCCCCCc1cccnc1C(=O)NN. The van der Waals surface area contributed by atoms with Crippen molar-refractivity contribution in [3.8, 4) is 0 Å². The first kappa shape index (κ1) is 16.6. The molecule has 0 saturated carbocycles. The van der Waals surface area contributed by atoms with E-state index in [1.54, 1.807) is 6.20 Å². The fourth-order valence-corrected chi connectivity index (χ4v) is 2.36. The maximum atomic E-state index is 11.6. The van der Waals surface area contributed by atoms with Crippen LogP contribution in [0.4, 0.5) is 0 Å². The van der Waals surface area contributed by atoms with E-state index in [-0.39, 0.29) is 5.91 Å². The third-order valence-electron chi connectivity index (χ3n) is 3.54. The molecule has 0 unspecified atom stereocenters. The average Bonchev–Trinajstić information content (AvgIpc) is 2.49. The normalized spacial score (nSPS) is 10.5. The van der Waals surface area contributed by atoms with Crippen molar-refractivity contribution < 1.29 is 4.79 Å². The summed E-state index contributed by atoms with van der Waals surface area (Å²) in [6, 6.07) is 3.83. The Hall–Kier alpha value is -1.42. The van der Waals surface area contributed by atoms with Crippen LogP contribution in [0.25, 0.3) is 0 Å². The van der Waals surface area contributed by atoms with Gasteiger partial charge in [-0.2, -0.15) is 0 Å². The van der Waals surface area contributed by atoms with Crippen LogP contribution in [-0.2, 0) is 6.42 Å². The van der Waals surface area contributed by atoms with Gasteiger partial charge in [0.1, 0.15) is 5.69 Å². The van der Waals surface area contributed by atoms with Crippen LogP contribution in [0.3, 0.4) is 0 Å². The summed E-state index contributed by atoms with van der Waals surface area (Å²) in [6.07, 6.45) is 12.8. The lowest BCUT2D eigenvalue weighted by Gasteiger charge is -2.07. The molecule has 0 radical (unpaired) electrons. The highest BCUT2D eigenvalue weighted by Gasteiger charge is 2.10. The summed E-state index contributed by atoms with van der Waals surface area (Å²) < 4.78 is 0. The number of nitrogens with two attached hydrogens (primary N) is 1. The number of nitrogens with zero attached hydrogens (tertiary/aromatic N) is 1. The Bertz CT molecular complexity index is 393. The minimum Gasteiger partial charge on any atom is -0.289 e. The summed E-state index contributed by atoms with van der Waals surface area (Å²) >= 11 is 0. The van der Waals surface area contributed by atoms with Crippen LogP contribution in [0.2, 0.25) is 0 Å². The van der Waals surface area contributed by atoms with Gasteiger partial charge in [0.15, 0.2) is 0 Å². The monoisotopic (exact) mass is 277 g/mol. The highest BCUT2D eigenvalue weighted by atomic mass is 16.2. The fourth-order valence-electron chi connectivity index (χ4n) is 2.36. The third-order valence-corrected chi connectivity index (χ3v) is 3.54. The van der Waals surface area contributed by atoms with Gasteiger partial charge in [0.25, 0.3) is 5.91 Å².